The summed E-state index contributed by atoms with van der Waals surface area (Å²) in [5, 5.41) is 0. The first-order valence-corrected chi connectivity index (χ1v) is 6.31. The Kier molecular flexibility index (Phi) is 5.99. The zero-order valence-corrected chi connectivity index (χ0v) is 12.1. The second kappa shape index (κ2) is 7.49. The lowest BCUT2D eigenvalue weighted by atomic mass is 10.2. The van der Waals surface area contributed by atoms with Crippen LogP contribution in [0.3, 0.4) is 0 Å². The average molecular weight is 279 g/mol. The van der Waals surface area contributed by atoms with Gasteiger partial charge in [0.1, 0.15) is 12.4 Å². The van der Waals surface area contributed by atoms with Gasteiger partial charge in [-0.25, -0.2) is 0 Å². The van der Waals surface area contributed by atoms with Crippen molar-refractivity contribution in [3.05, 3.63) is 29.8 Å². The Morgan fingerprint density at radius 2 is 1.75 bits per heavy atom. The molecule has 0 radical (unpaired) electrons. The summed E-state index contributed by atoms with van der Waals surface area (Å²) in [5.41, 5.74) is 5.55. The average Bonchev–Trinajstić information content (AvgIpc) is 2.37. The van der Waals surface area contributed by atoms with Gasteiger partial charge < -0.3 is 20.3 Å². The molecule has 110 valence electrons. The van der Waals surface area contributed by atoms with Crippen molar-refractivity contribution in [2.75, 3.05) is 40.8 Å². The molecule has 6 heteroatoms. The largest absolute Gasteiger partial charge is 0.492 e. The minimum atomic E-state index is -0.538. The van der Waals surface area contributed by atoms with Crippen LogP contribution < -0.4 is 10.5 Å². The Balaban J connectivity index is 2.57. The molecular weight excluding hydrogens is 258 g/mol. The van der Waals surface area contributed by atoms with E-state index in [0.29, 0.717) is 17.9 Å². The number of amides is 2. The molecule has 0 aromatic heterocycles. The summed E-state index contributed by atoms with van der Waals surface area (Å²) in [4.78, 5) is 26.0. The molecule has 0 unspecified atom stereocenters. The van der Waals surface area contributed by atoms with E-state index in [4.69, 9.17) is 10.5 Å². The molecule has 0 fully saturated rings. The smallest absolute Gasteiger partial charge is 0.254 e. The Labute approximate surface area is 119 Å². The molecule has 0 saturated carbocycles. The lowest BCUT2D eigenvalue weighted by Gasteiger charge is -2.15. The van der Waals surface area contributed by atoms with Gasteiger partial charge in [-0.3, -0.25) is 9.59 Å². The van der Waals surface area contributed by atoms with Gasteiger partial charge in [0.05, 0.1) is 6.54 Å². The first-order chi connectivity index (χ1) is 9.40. The maximum atomic E-state index is 12.0. The van der Waals surface area contributed by atoms with Crippen molar-refractivity contribution in [2.45, 2.75) is 0 Å². The van der Waals surface area contributed by atoms with Crippen LogP contribution in [-0.2, 0) is 4.79 Å². The number of carbonyl (C=O) groups excluding carboxylic acids is 2. The van der Waals surface area contributed by atoms with Gasteiger partial charge in [-0.1, -0.05) is 0 Å². The van der Waals surface area contributed by atoms with Crippen LogP contribution in [-0.4, -0.2) is 62.5 Å². The molecule has 0 aliphatic heterocycles. The second-order valence-corrected chi connectivity index (χ2v) is 4.80. The molecule has 2 N–H and O–H groups in total. The van der Waals surface area contributed by atoms with Gasteiger partial charge in [0, 0.05) is 19.2 Å². The van der Waals surface area contributed by atoms with E-state index in [0.717, 1.165) is 6.54 Å². The molecule has 0 heterocycles. The zero-order valence-electron chi connectivity index (χ0n) is 12.1. The molecule has 1 aromatic rings. The van der Waals surface area contributed by atoms with Crippen molar-refractivity contribution in [2.24, 2.45) is 5.73 Å². The second-order valence-electron chi connectivity index (χ2n) is 4.80. The van der Waals surface area contributed by atoms with E-state index < -0.39 is 5.91 Å². The Morgan fingerprint density at radius 1 is 1.15 bits per heavy atom. The van der Waals surface area contributed by atoms with Gasteiger partial charge in [0.15, 0.2) is 0 Å². The minimum absolute atomic E-state index is 0.0973. The highest BCUT2D eigenvalue weighted by molar-refractivity contribution is 5.96. The number of nitrogens with two attached hydrogens (primary N) is 1. The third-order valence-corrected chi connectivity index (χ3v) is 2.65. The first kappa shape index (κ1) is 16.0. The number of likely N-dealkylation sites (N-methyl/N-ethyl adjacent to an activating group) is 2. The number of hydrogen-bond donors (Lipinski definition) is 1. The summed E-state index contributed by atoms with van der Waals surface area (Å²) in [5.74, 6) is -0.0749. The predicted molar refractivity (Wildman–Crippen MR) is 76.6 cm³/mol. The van der Waals surface area contributed by atoms with E-state index in [2.05, 4.69) is 0 Å². The van der Waals surface area contributed by atoms with Gasteiger partial charge >= 0.3 is 0 Å². The van der Waals surface area contributed by atoms with Crippen LogP contribution in [0.2, 0.25) is 0 Å². The lowest BCUT2D eigenvalue weighted by molar-refractivity contribution is -0.118. The number of carbonyl (C=O) groups is 2. The van der Waals surface area contributed by atoms with Crippen LogP contribution in [0.25, 0.3) is 0 Å². The molecule has 1 rings (SSSR count). The highest BCUT2D eigenvalue weighted by Gasteiger charge is 2.13. The summed E-state index contributed by atoms with van der Waals surface area (Å²) in [6, 6.07) is 6.82. The van der Waals surface area contributed by atoms with Crippen molar-refractivity contribution in [3.63, 3.8) is 0 Å². The van der Waals surface area contributed by atoms with Crippen molar-refractivity contribution < 1.29 is 14.3 Å². The molecule has 0 bridgehead atoms. The maximum absolute atomic E-state index is 12.0. The monoisotopic (exact) mass is 279 g/mol. The predicted octanol–water partition coefficient (Wildman–Crippen LogP) is 0.184. The van der Waals surface area contributed by atoms with Crippen molar-refractivity contribution in [1.29, 1.82) is 0 Å². The maximum Gasteiger partial charge on any atom is 0.254 e. The van der Waals surface area contributed by atoms with E-state index in [1.165, 1.54) is 11.9 Å². The fourth-order valence-electron chi connectivity index (χ4n) is 1.57. The molecule has 0 aliphatic rings. The summed E-state index contributed by atoms with van der Waals surface area (Å²) in [7, 11) is 5.48. The highest BCUT2D eigenvalue weighted by atomic mass is 16.5. The van der Waals surface area contributed by atoms with Crippen molar-refractivity contribution >= 4 is 11.8 Å². The molecule has 0 atom stereocenters. The summed E-state index contributed by atoms with van der Waals surface area (Å²) >= 11 is 0. The number of nitrogens with zero attached hydrogens (tertiary/aromatic N) is 2. The number of hydrogen-bond acceptors (Lipinski definition) is 4. The van der Waals surface area contributed by atoms with Crippen LogP contribution >= 0.6 is 0 Å². The van der Waals surface area contributed by atoms with Crippen LogP contribution in [0, 0.1) is 0 Å². The number of primary amides is 1. The molecule has 0 aliphatic carbocycles. The number of rotatable bonds is 7. The summed E-state index contributed by atoms with van der Waals surface area (Å²) < 4.78 is 5.54. The molecular formula is C14H21N3O3. The fourth-order valence-corrected chi connectivity index (χ4v) is 1.57. The minimum Gasteiger partial charge on any atom is -0.492 e. The Bertz CT molecular complexity index is 457. The van der Waals surface area contributed by atoms with Crippen LogP contribution in [0.15, 0.2) is 24.3 Å². The van der Waals surface area contributed by atoms with Crippen LogP contribution in [0.1, 0.15) is 10.4 Å². The molecule has 0 saturated heterocycles. The molecule has 20 heavy (non-hydrogen) atoms. The fraction of sp³-hybridized carbons (Fsp3) is 0.429. The third kappa shape index (κ3) is 5.27. The molecule has 2 amide bonds. The Morgan fingerprint density at radius 3 is 2.25 bits per heavy atom. The van der Waals surface area contributed by atoms with E-state index in [-0.39, 0.29) is 12.5 Å². The van der Waals surface area contributed by atoms with E-state index in [9.17, 15) is 9.59 Å². The van der Waals surface area contributed by atoms with Gasteiger partial charge in [-0.15, -0.1) is 0 Å². The number of benzene rings is 1. The van der Waals surface area contributed by atoms with Gasteiger partial charge in [0.2, 0.25) is 5.91 Å². The van der Waals surface area contributed by atoms with Gasteiger partial charge in [-0.05, 0) is 38.4 Å². The number of ether oxygens (including phenoxy) is 1. The third-order valence-electron chi connectivity index (χ3n) is 2.65. The topological polar surface area (TPSA) is 75.9 Å². The summed E-state index contributed by atoms with van der Waals surface area (Å²) in [6.45, 7) is 1.31. The van der Waals surface area contributed by atoms with Gasteiger partial charge in [0.25, 0.3) is 5.91 Å². The highest BCUT2D eigenvalue weighted by Crippen LogP contribution is 2.13. The zero-order chi connectivity index (χ0) is 15.1. The van der Waals surface area contributed by atoms with Crippen LogP contribution in [0.5, 0.6) is 5.75 Å². The normalized spacial score (nSPS) is 10.4. The quantitative estimate of drug-likeness (QED) is 0.773. The summed E-state index contributed by atoms with van der Waals surface area (Å²) in [6.07, 6.45) is 0. The van der Waals surface area contributed by atoms with E-state index >= 15 is 0 Å². The molecule has 0 spiro atoms. The first-order valence-electron chi connectivity index (χ1n) is 6.31. The van der Waals surface area contributed by atoms with Crippen LogP contribution in [0.4, 0.5) is 0 Å². The van der Waals surface area contributed by atoms with E-state index in [1.807, 2.05) is 19.0 Å². The molecule has 6 nitrogen and oxygen atoms in total. The van der Waals surface area contributed by atoms with Gasteiger partial charge in [-0.2, -0.15) is 0 Å². The van der Waals surface area contributed by atoms with Crippen molar-refractivity contribution in [1.82, 2.24) is 9.80 Å². The van der Waals surface area contributed by atoms with E-state index in [1.54, 1.807) is 24.3 Å². The SMILES string of the molecule is CN(C)CCOc1ccc(C(=O)N(C)CC(N)=O)cc1. The lowest BCUT2D eigenvalue weighted by Crippen LogP contribution is -2.35. The molecule has 1 aromatic carbocycles. The van der Waals surface area contributed by atoms with Crippen molar-refractivity contribution in [3.8, 4) is 5.75 Å². The standard InChI is InChI=1S/C14H21N3O3/c1-16(2)8-9-20-12-6-4-11(5-7-12)14(19)17(3)10-13(15)18/h4-7H,8-10H2,1-3H3,(H2,15,18). The Hall–Kier alpha value is -2.08.